The molecule has 0 aliphatic heterocycles. The summed E-state index contributed by atoms with van der Waals surface area (Å²) in [6.45, 7) is 2.10. The minimum absolute atomic E-state index is 0.397. The van der Waals surface area contributed by atoms with Crippen LogP contribution in [0.15, 0.2) is 53.4 Å². The number of hydrogen-bond donors (Lipinski definition) is 1. The van der Waals surface area contributed by atoms with Gasteiger partial charge in [0.1, 0.15) is 0 Å². The zero-order chi connectivity index (χ0) is 14.7. The van der Waals surface area contributed by atoms with Gasteiger partial charge in [-0.05, 0) is 48.9 Å². The molecule has 0 heterocycles. The lowest BCUT2D eigenvalue weighted by molar-refractivity contribution is 0.204. The lowest BCUT2D eigenvalue weighted by Gasteiger charge is -2.26. The molecule has 1 fully saturated rings. The fraction of sp³-hybridized carbons (Fsp3) is 0.368. The van der Waals surface area contributed by atoms with Crippen LogP contribution in [0.5, 0.6) is 0 Å². The first-order valence-electron chi connectivity index (χ1n) is 7.70. The second-order valence-electron chi connectivity index (χ2n) is 5.94. The highest BCUT2D eigenvalue weighted by molar-refractivity contribution is 7.99. The van der Waals surface area contributed by atoms with Crippen molar-refractivity contribution < 1.29 is 5.11 Å². The maximum Gasteiger partial charge on any atom is 0.0883 e. The van der Waals surface area contributed by atoms with E-state index in [2.05, 4.69) is 55.5 Å². The van der Waals surface area contributed by atoms with Crippen LogP contribution in [0.1, 0.15) is 48.0 Å². The first-order chi connectivity index (χ1) is 10.2. The Hall–Kier alpha value is -1.25. The van der Waals surface area contributed by atoms with Gasteiger partial charge in [-0.1, -0.05) is 48.4 Å². The third kappa shape index (κ3) is 3.69. The van der Waals surface area contributed by atoms with Gasteiger partial charge >= 0.3 is 0 Å². The molecule has 1 aliphatic rings. The van der Waals surface area contributed by atoms with Gasteiger partial charge in [-0.3, -0.25) is 0 Å². The van der Waals surface area contributed by atoms with E-state index >= 15 is 0 Å². The summed E-state index contributed by atoms with van der Waals surface area (Å²) >= 11 is 1.71. The molecular weight excluding hydrogens is 276 g/mol. The van der Waals surface area contributed by atoms with E-state index in [9.17, 15) is 5.11 Å². The molecule has 21 heavy (non-hydrogen) atoms. The van der Waals surface area contributed by atoms with Gasteiger partial charge in [0.05, 0.1) is 6.10 Å². The van der Waals surface area contributed by atoms with Crippen LogP contribution in [-0.4, -0.2) is 10.9 Å². The predicted molar refractivity (Wildman–Crippen MR) is 89.9 cm³/mol. The highest BCUT2D eigenvalue weighted by atomic mass is 32.2. The lowest BCUT2D eigenvalue weighted by atomic mass is 9.80. The van der Waals surface area contributed by atoms with Crippen molar-refractivity contribution in [1.82, 2.24) is 0 Å². The summed E-state index contributed by atoms with van der Waals surface area (Å²) in [6, 6.07) is 17.0. The van der Waals surface area contributed by atoms with Gasteiger partial charge in [-0.25, -0.2) is 0 Å². The van der Waals surface area contributed by atoms with Crippen LogP contribution in [0.3, 0.4) is 0 Å². The molecule has 3 rings (SSSR count). The van der Waals surface area contributed by atoms with Crippen LogP contribution in [0.25, 0.3) is 0 Å². The van der Waals surface area contributed by atoms with Crippen molar-refractivity contribution in [3.63, 3.8) is 0 Å². The van der Waals surface area contributed by atoms with E-state index < -0.39 is 6.10 Å². The molecule has 0 saturated heterocycles. The molecule has 2 aromatic rings. The minimum atomic E-state index is -0.397. The summed E-state index contributed by atoms with van der Waals surface area (Å²) in [5.74, 6) is 1.46. The normalized spacial score (nSPS) is 16.5. The number of aryl methyl sites for hydroxylation is 1. The SMILES string of the molecule is Cc1cccc(SCC(O)c2ccc(C3CCC3)cc2)c1. The van der Waals surface area contributed by atoms with Crippen molar-refractivity contribution >= 4 is 11.8 Å². The third-order valence-corrected chi connectivity index (χ3v) is 5.36. The van der Waals surface area contributed by atoms with E-state index in [0.717, 1.165) is 11.5 Å². The third-order valence-electron chi connectivity index (χ3n) is 4.30. The topological polar surface area (TPSA) is 20.2 Å². The molecule has 2 heteroatoms. The van der Waals surface area contributed by atoms with E-state index in [1.165, 1.54) is 35.3 Å². The second-order valence-corrected chi connectivity index (χ2v) is 7.03. The highest BCUT2D eigenvalue weighted by Crippen LogP contribution is 2.36. The van der Waals surface area contributed by atoms with Gasteiger partial charge in [-0.2, -0.15) is 0 Å². The molecule has 1 aliphatic carbocycles. The number of thioether (sulfide) groups is 1. The van der Waals surface area contributed by atoms with Crippen LogP contribution < -0.4 is 0 Å². The van der Waals surface area contributed by atoms with Gasteiger partial charge in [0.15, 0.2) is 0 Å². The molecule has 0 spiro atoms. The van der Waals surface area contributed by atoms with Crippen LogP contribution in [0.4, 0.5) is 0 Å². The molecule has 0 radical (unpaired) electrons. The summed E-state index contributed by atoms with van der Waals surface area (Å²) in [5, 5.41) is 10.3. The van der Waals surface area contributed by atoms with Gasteiger partial charge < -0.3 is 5.11 Å². The van der Waals surface area contributed by atoms with E-state index in [1.54, 1.807) is 11.8 Å². The van der Waals surface area contributed by atoms with Crippen molar-refractivity contribution in [2.24, 2.45) is 0 Å². The van der Waals surface area contributed by atoms with Crippen LogP contribution >= 0.6 is 11.8 Å². The maximum absolute atomic E-state index is 10.3. The van der Waals surface area contributed by atoms with Gasteiger partial charge in [-0.15, -0.1) is 11.8 Å². The molecule has 0 amide bonds. The standard InChI is InChI=1S/C19H22OS/c1-14-4-2-7-18(12-14)21-13-19(20)17-10-8-16(9-11-17)15-5-3-6-15/h2,4,7-12,15,19-20H,3,5-6,13H2,1H3. The van der Waals surface area contributed by atoms with Gasteiger partial charge in [0, 0.05) is 10.6 Å². The van der Waals surface area contributed by atoms with Crippen molar-refractivity contribution in [1.29, 1.82) is 0 Å². The molecule has 1 saturated carbocycles. The van der Waals surface area contributed by atoms with Crippen LogP contribution in [0, 0.1) is 6.92 Å². The number of aliphatic hydroxyl groups is 1. The lowest BCUT2D eigenvalue weighted by Crippen LogP contribution is -2.09. The molecule has 1 nitrogen and oxygen atoms in total. The Kier molecular flexibility index (Phi) is 4.67. The second kappa shape index (κ2) is 6.67. The number of rotatable bonds is 5. The largest absolute Gasteiger partial charge is 0.388 e. The maximum atomic E-state index is 10.3. The number of aliphatic hydroxyl groups excluding tert-OH is 1. The van der Waals surface area contributed by atoms with Crippen LogP contribution in [0.2, 0.25) is 0 Å². The molecule has 1 N–H and O–H groups in total. The summed E-state index contributed by atoms with van der Waals surface area (Å²) in [4.78, 5) is 1.22. The molecule has 110 valence electrons. The fourth-order valence-electron chi connectivity index (χ4n) is 2.71. The Balaban J connectivity index is 1.58. The van der Waals surface area contributed by atoms with Gasteiger partial charge in [0.25, 0.3) is 0 Å². The molecule has 1 atom stereocenters. The van der Waals surface area contributed by atoms with E-state index in [-0.39, 0.29) is 0 Å². The first-order valence-corrected chi connectivity index (χ1v) is 8.68. The summed E-state index contributed by atoms with van der Waals surface area (Å²) in [5.41, 5.74) is 3.72. The number of benzene rings is 2. The van der Waals surface area contributed by atoms with Crippen molar-refractivity contribution in [3.05, 3.63) is 65.2 Å². The molecule has 1 unspecified atom stereocenters. The average Bonchev–Trinajstić information content (AvgIpc) is 2.44. The Morgan fingerprint density at radius 1 is 1.14 bits per heavy atom. The molecule has 0 aromatic heterocycles. The molecule has 2 aromatic carbocycles. The Labute approximate surface area is 131 Å². The smallest absolute Gasteiger partial charge is 0.0883 e. The monoisotopic (exact) mass is 298 g/mol. The highest BCUT2D eigenvalue weighted by Gasteiger charge is 2.19. The summed E-state index contributed by atoms with van der Waals surface area (Å²) in [7, 11) is 0. The zero-order valence-corrected chi connectivity index (χ0v) is 13.3. The fourth-order valence-corrected chi connectivity index (χ4v) is 3.70. The Bertz CT molecular complexity index is 587. The zero-order valence-electron chi connectivity index (χ0n) is 12.5. The van der Waals surface area contributed by atoms with Crippen molar-refractivity contribution in [2.45, 2.75) is 43.1 Å². The van der Waals surface area contributed by atoms with Crippen molar-refractivity contribution in [3.8, 4) is 0 Å². The quantitative estimate of drug-likeness (QED) is 0.776. The first kappa shape index (κ1) is 14.7. The average molecular weight is 298 g/mol. The van der Waals surface area contributed by atoms with Gasteiger partial charge in [0.2, 0.25) is 0 Å². The van der Waals surface area contributed by atoms with Crippen molar-refractivity contribution in [2.75, 3.05) is 5.75 Å². The predicted octanol–water partition coefficient (Wildman–Crippen LogP) is 5.09. The summed E-state index contributed by atoms with van der Waals surface area (Å²) in [6.07, 6.45) is 3.62. The van der Waals surface area contributed by atoms with E-state index in [0.29, 0.717) is 5.75 Å². The summed E-state index contributed by atoms with van der Waals surface area (Å²) < 4.78 is 0. The Morgan fingerprint density at radius 2 is 1.90 bits per heavy atom. The minimum Gasteiger partial charge on any atom is -0.388 e. The molecular formula is C19H22OS. The van der Waals surface area contributed by atoms with E-state index in [4.69, 9.17) is 0 Å². The van der Waals surface area contributed by atoms with E-state index in [1.807, 2.05) is 0 Å². The Morgan fingerprint density at radius 3 is 2.52 bits per heavy atom. The molecule has 0 bridgehead atoms. The van der Waals surface area contributed by atoms with Crippen LogP contribution in [-0.2, 0) is 0 Å². The number of hydrogen-bond acceptors (Lipinski definition) is 2.